The second kappa shape index (κ2) is 8.24. The molecule has 0 saturated heterocycles. The molecule has 0 amide bonds. The van der Waals surface area contributed by atoms with E-state index in [1.54, 1.807) is 24.3 Å². The normalized spacial score (nSPS) is 16.4. The van der Waals surface area contributed by atoms with Crippen molar-refractivity contribution in [3.63, 3.8) is 0 Å². The number of anilines is 2. The van der Waals surface area contributed by atoms with E-state index in [0.717, 1.165) is 43.0 Å². The summed E-state index contributed by atoms with van der Waals surface area (Å²) in [6.45, 7) is 0. The number of halogens is 3. The lowest BCUT2D eigenvalue weighted by molar-refractivity contribution is -0.137. The van der Waals surface area contributed by atoms with Crippen LogP contribution in [0.3, 0.4) is 0 Å². The van der Waals surface area contributed by atoms with Crippen molar-refractivity contribution in [1.82, 2.24) is 4.98 Å². The first-order chi connectivity index (χ1) is 15.4. The fraction of sp³-hybridized carbons (Fsp3) is 0.333. The number of ether oxygens (including phenoxy) is 1. The molecule has 0 spiro atoms. The quantitative estimate of drug-likeness (QED) is 0.446. The SMILES string of the molecule is O=C1CCCc2sc(Nc3cccc(-c4ccccc4C(F)(F)F)c3OC3CCC3)nc21. The van der Waals surface area contributed by atoms with Gasteiger partial charge in [0.15, 0.2) is 16.7 Å². The minimum absolute atomic E-state index is 0.0270. The average Bonchev–Trinajstić information content (AvgIpc) is 3.15. The van der Waals surface area contributed by atoms with Gasteiger partial charge in [0.2, 0.25) is 0 Å². The Balaban J connectivity index is 1.58. The lowest BCUT2D eigenvalue weighted by Gasteiger charge is -2.29. The minimum Gasteiger partial charge on any atom is -0.488 e. The van der Waals surface area contributed by atoms with Crippen LogP contribution in [-0.2, 0) is 12.6 Å². The summed E-state index contributed by atoms with van der Waals surface area (Å²) in [6, 6.07) is 10.7. The predicted octanol–water partition coefficient (Wildman–Crippen LogP) is 7.02. The number of thiazole rings is 1. The fourth-order valence-electron chi connectivity index (χ4n) is 4.03. The van der Waals surface area contributed by atoms with E-state index in [9.17, 15) is 18.0 Å². The summed E-state index contributed by atoms with van der Waals surface area (Å²) in [5.74, 6) is 0.419. The molecule has 1 heterocycles. The molecule has 0 radical (unpaired) electrons. The fourth-order valence-corrected chi connectivity index (χ4v) is 5.06. The van der Waals surface area contributed by atoms with Crippen molar-refractivity contribution in [2.45, 2.75) is 50.8 Å². The molecule has 166 valence electrons. The Morgan fingerprint density at radius 1 is 1.00 bits per heavy atom. The van der Waals surface area contributed by atoms with Crippen LogP contribution in [0.4, 0.5) is 24.0 Å². The molecule has 0 atom stereocenters. The summed E-state index contributed by atoms with van der Waals surface area (Å²) in [7, 11) is 0. The number of hydrogen-bond donors (Lipinski definition) is 1. The topological polar surface area (TPSA) is 51.2 Å². The second-order valence-electron chi connectivity index (χ2n) is 8.09. The summed E-state index contributed by atoms with van der Waals surface area (Å²) in [5.41, 5.74) is 0.804. The number of hydrogen-bond acceptors (Lipinski definition) is 5. The standard InChI is InChI=1S/C24H21F3N2O2S/c25-24(26,27)17-10-2-1-8-15(17)16-9-4-11-18(22(16)31-14-6-3-7-14)28-23-29-21-19(30)12-5-13-20(21)32-23/h1-2,4,8-11,14H,3,5-7,12-13H2,(H,28,29). The van der Waals surface area contributed by atoms with Crippen LogP contribution < -0.4 is 10.1 Å². The molecule has 2 aliphatic rings. The Kier molecular flexibility index (Phi) is 5.41. The van der Waals surface area contributed by atoms with Gasteiger partial charge in [-0.1, -0.05) is 30.3 Å². The third-order valence-electron chi connectivity index (χ3n) is 5.89. The molecule has 1 fully saturated rings. The highest BCUT2D eigenvalue weighted by Gasteiger charge is 2.34. The maximum atomic E-state index is 13.7. The molecule has 0 bridgehead atoms. The van der Waals surface area contributed by atoms with E-state index in [2.05, 4.69) is 10.3 Å². The zero-order valence-electron chi connectivity index (χ0n) is 17.2. The molecule has 1 aromatic heterocycles. The molecule has 4 nitrogen and oxygen atoms in total. The highest BCUT2D eigenvalue weighted by molar-refractivity contribution is 7.16. The van der Waals surface area contributed by atoms with Crippen LogP contribution in [0.15, 0.2) is 42.5 Å². The van der Waals surface area contributed by atoms with E-state index in [-0.39, 0.29) is 17.5 Å². The summed E-state index contributed by atoms with van der Waals surface area (Å²) in [5, 5.41) is 3.77. The van der Waals surface area contributed by atoms with E-state index in [4.69, 9.17) is 4.74 Å². The number of aryl methyl sites for hydroxylation is 1. The summed E-state index contributed by atoms with van der Waals surface area (Å²) >= 11 is 1.41. The number of benzene rings is 2. The number of nitrogens with zero attached hydrogens (tertiary/aromatic N) is 1. The second-order valence-corrected chi connectivity index (χ2v) is 9.17. The lowest BCUT2D eigenvalue weighted by Crippen LogP contribution is -2.25. The Morgan fingerprint density at radius 3 is 2.50 bits per heavy atom. The monoisotopic (exact) mass is 458 g/mol. The van der Waals surface area contributed by atoms with Crippen molar-refractivity contribution < 1.29 is 22.7 Å². The largest absolute Gasteiger partial charge is 0.488 e. The van der Waals surface area contributed by atoms with Crippen LogP contribution in [-0.4, -0.2) is 16.9 Å². The van der Waals surface area contributed by atoms with Gasteiger partial charge in [0.25, 0.3) is 0 Å². The lowest BCUT2D eigenvalue weighted by atomic mass is 9.94. The number of para-hydroxylation sites is 1. The van der Waals surface area contributed by atoms with Gasteiger partial charge in [-0.25, -0.2) is 4.98 Å². The molecular formula is C24H21F3N2O2S. The summed E-state index contributed by atoms with van der Waals surface area (Å²) in [6.07, 6.45) is 0.386. The highest BCUT2D eigenvalue weighted by atomic mass is 32.1. The average molecular weight is 459 g/mol. The third-order valence-corrected chi connectivity index (χ3v) is 6.92. The van der Waals surface area contributed by atoms with Crippen LogP contribution in [0.1, 0.15) is 53.0 Å². The van der Waals surface area contributed by atoms with Crippen molar-refractivity contribution >= 4 is 27.9 Å². The first-order valence-corrected chi connectivity index (χ1v) is 11.5. The van der Waals surface area contributed by atoms with Crippen molar-refractivity contribution in [3.05, 3.63) is 58.6 Å². The maximum absolute atomic E-state index is 13.7. The Hall–Kier alpha value is -2.87. The van der Waals surface area contributed by atoms with Gasteiger partial charge in [0, 0.05) is 16.9 Å². The summed E-state index contributed by atoms with van der Waals surface area (Å²) < 4.78 is 47.4. The number of carbonyl (C=O) groups is 1. The molecule has 8 heteroatoms. The number of Topliss-reactive ketones (excluding diaryl/α,β-unsaturated/α-hetero) is 1. The van der Waals surface area contributed by atoms with Gasteiger partial charge in [-0.2, -0.15) is 13.2 Å². The number of carbonyl (C=O) groups excluding carboxylic acids is 1. The van der Waals surface area contributed by atoms with Crippen LogP contribution in [0.25, 0.3) is 11.1 Å². The molecule has 0 aliphatic heterocycles. The van der Waals surface area contributed by atoms with Gasteiger partial charge >= 0.3 is 6.18 Å². The molecule has 1 N–H and O–H groups in total. The summed E-state index contributed by atoms with van der Waals surface area (Å²) in [4.78, 5) is 17.6. The van der Waals surface area contributed by atoms with Crippen LogP contribution in [0, 0.1) is 0 Å². The van der Waals surface area contributed by atoms with Gasteiger partial charge in [0.05, 0.1) is 17.4 Å². The molecule has 32 heavy (non-hydrogen) atoms. The maximum Gasteiger partial charge on any atom is 0.417 e. The smallest absolute Gasteiger partial charge is 0.417 e. The molecule has 2 aromatic carbocycles. The number of aromatic nitrogens is 1. The zero-order chi connectivity index (χ0) is 22.3. The molecular weight excluding hydrogens is 437 g/mol. The van der Waals surface area contributed by atoms with E-state index >= 15 is 0 Å². The molecule has 3 aromatic rings. The number of rotatable bonds is 5. The Bertz CT molecular complexity index is 1170. The van der Waals surface area contributed by atoms with Crippen molar-refractivity contribution in [2.24, 2.45) is 0 Å². The number of alkyl halides is 3. The van der Waals surface area contributed by atoms with Crippen LogP contribution in [0.5, 0.6) is 5.75 Å². The van der Waals surface area contributed by atoms with E-state index in [1.807, 2.05) is 0 Å². The van der Waals surface area contributed by atoms with Crippen molar-refractivity contribution in [1.29, 1.82) is 0 Å². The van der Waals surface area contributed by atoms with Crippen LogP contribution in [0.2, 0.25) is 0 Å². The molecule has 0 unspecified atom stereocenters. The van der Waals surface area contributed by atoms with Gasteiger partial charge < -0.3 is 10.1 Å². The van der Waals surface area contributed by atoms with Gasteiger partial charge in [-0.3, -0.25) is 4.79 Å². The highest BCUT2D eigenvalue weighted by Crippen LogP contribution is 2.45. The molecule has 5 rings (SSSR count). The number of fused-ring (bicyclic) bond motifs is 1. The minimum atomic E-state index is -4.48. The third kappa shape index (κ3) is 3.99. The van der Waals surface area contributed by atoms with E-state index < -0.39 is 11.7 Å². The molecule has 2 aliphatic carbocycles. The van der Waals surface area contributed by atoms with Gasteiger partial charge in [0.1, 0.15) is 5.69 Å². The first-order valence-electron chi connectivity index (χ1n) is 10.7. The van der Waals surface area contributed by atoms with Gasteiger partial charge in [-0.15, -0.1) is 11.3 Å². The number of nitrogens with one attached hydrogen (secondary N) is 1. The van der Waals surface area contributed by atoms with E-state index in [1.165, 1.54) is 23.5 Å². The van der Waals surface area contributed by atoms with Crippen LogP contribution >= 0.6 is 11.3 Å². The Morgan fingerprint density at radius 2 is 1.78 bits per heavy atom. The molecule has 1 saturated carbocycles. The zero-order valence-corrected chi connectivity index (χ0v) is 18.0. The van der Waals surface area contributed by atoms with Crippen molar-refractivity contribution in [3.8, 4) is 16.9 Å². The number of ketones is 1. The van der Waals surface area contributed by atoms with E-state index in [0.29, 0.717) is 34.2 Å². The first kappa shape index (κ1) is 21.0. The van der Waals surface area contributed by atoms with Gasteiger partial charge in [-0.05, 0) is 49.8 Å². The van der Waals surface area contributed by atoms with Crippen molar-refractivity contribution in [2.75, 3.05) is 5.32 Å². The predicted molar refractivity (Wildman–Crippen MR) is 118 cm³/mol. The Labute approximate surface area is 187 Å².